The van der Waals surface area contributed by atoms with E-state index in [0.29, 0.717) is 24.0 Å². The maximum Gasteiger partial charge on any atom is 0.197 e. The molecule has 5 heteroatoms. The molecule has 1 N–H and O–H groups in total. The van der Waals surface area contributed by atoms with Gasteiger partial charge in [0.05, 0.1) is 14.2 Å². The molecule has 0 aromatic heterocycles. The molecule has 2 aliphatic carbocycles. The summed E-state index contributed by atoms with van der Waals surface area (Å²) in [5.74, 6) is 1.32. The topological polar surface area (TPSA) is 59.0 Å². The highest BCUT2D eigenvalue weighted by Crippen LogP contribution is 2.57. The van der Waals surface area contributed by atoms with E-state index in [1.165, 1.54) is 0 Å². The van der Waals surface area contributed by atoms with E-state index in [2.05, 4.69) is 11.9 Å². The fraction of sp³-hybridized carbons (Fsp3) is 0.526. The summed E-state index contributed by atoms with van der Waals surface area (Å²) < 4.78 is 10.6. The number of methoxy groups -OCH3 is 2. The highest BCUT2D eigenvalue weighted by atomic mass is 16.5. The lowest BCUT2D eigenvalue weighted by Crippen LogP contribution is -2.60. The quantitative estimate of drug-likeness (QED) is 0.899. The zero-order valence-electron chi connectivity index (χ0n) is 14.3. The molecule has 0 unspecified atom stereocenters. The van der Waals surface area contributed by atoms with Crippen molar-refractivity contribution in [3.05, 3.63) is 35.1 Å². The Morgan fingerprint density at radius 2 is 2.08 bits per heavy atom. The van der Waals surface area contributed by atoms with Gasteiger partial charge >= 0.3 is 0 Å². The third-order valence-corrected chi connectivity index (χ3v) is 6.21. The van der Waals surface area contributed by atoms with E-state index in [1.807, 2.05) is 18.2 Å². The van der Waals surface area contributed by atoms with Gasteiger partial charge in [0.2, 0.25) is 0 Å². The van der Waals surface area contributed by atoms with Gasteiger partial charge in [-0.25, -0.2) is 0 Å². The number of allylic oxidation sites excluding steroid dienone is 1. The fourth-order valence-electron chi connectivity index (χ4n) is 5.03. The monoisotopic (exact) mass is 329 g/mol. The van der Waals surface area contributed by atoms with Gasteiger partial charge in [0, 0.05) is 29.4 Å². The first-order valence-corrected chi connectivity index (χ1v) is 8.40. The minimum absolute atomic E-state index is 0.0205. The normalized spacial score (nSPS) is 31.8. The van der Waals surface area contributed by atoms with Crippen LogP contribution in [-0.4, -0.2) is 49.6 Å². The molecule has 1 aromatic carbocycles. The maximum atomic E-state index is 12.6. The number of rotatable bonds is 2. The van der Waals surface area contributed by atoms with E-state index < -0.39 is 0 Å². The van der Waals surface area contributed by atoms with Gasteiger partial charge in [0.1, 0.15) is 0 Å². The van der Waals surface area contributed by atoms with Gasteiger partial charge in [-0.3, -0.25) is 4.79 Å². The number of hydrogen-bond acceptors (Lipinski definition) is 5. The number of hydrogen-bond donors (Lipinski definition) is 1. The molecule has 0 radical (unpaired) electrons. The highest BCUT2D eigenvalue weighted by molar-refractivity contribution is 5.96. The number of nitrogens with zero attached hydrogens (tertiary/aromatic N) is 1. The number of phenols is 1. The Kier molecular flexibility index (Phi) is 3.39. The Morgan fingerprint density at radius 1 is 1.29 bits per heavy atom. The van der Waals surface area contributed by atoms with Crippen LogP contribution in [-0.2, 0) is 21.4 Å². The van der Waals surface area contributed by atoms with Crippen molar-refractivity contribution in [2.24, 2.45) is 5.92 Å². The zero-order valence-corrected chi connectivity index (χ0v) is 14.3. The second kappa shape index (κ2) is 5.24. The van der Waals surface area contributed by atoms with Gasteiger partial charge in [-0.05, 0) is 44.1 Å². The van der Waals surface area contributed by atoms with Gasteiger partial charge < -0.3 is 19.5 Å². The second-order valence-corrected chi connectivity index (χ2v) is 7.17. The van der Waals surface area contributed by atoms with Crippen molar-refractivity contribution >= 4 is 5.78 Å². The molecule has 3 aliphatic rings. The third-order valence-electron chi connectivity index (χ3n) is 6.21. The fourth-order valence-corrected chi connectivity index (χ4v) is 5.03. The predicted octanol–water partition coefficient (Wildman–Crippen LogP) is 2.02. The third kappa shape index (κ3) is 1.88. The maximum absolute atomic E-state index is 12.6. The highest BCUT2D eigenvalue weighted by Gasteiger charge is 2.56. The van der Waals surface area contributed by atoms with Crippen molar-refractivity contribution in [3.63, 3.8) is 0 Å². The largest absolute Gasteiger partial charge is 0.504 e. The Balaban J connectivity index is 1.97. The van der Waals surface area contributed by atoms with Crippen LogP contribution in [0.4, 0.5) is 0 Å². The summed E-state index contributed by atoms with van der Waals surface area (Å²) in [7, 11) is 5.25. The number of aromatic hydroxyl groups is 1. The number of fused-ring (bicyclic) bond motifs is 1. The molecule has 24 heavy (non-hydrogen) atoms. The molecule has 0 amide bonds. The van der Waals surface area contributed by atoms with Crippen molar-refractivity contribution in [2.45, 2.75) is 30.7 Å². The summed E-state index contributed by atoms with van der Waals surface area (Å²) >= 11 is 0. The SMILES string of the molecule is COC1=C[C@@H]2[C@@H]3Cc4ccc(OC)c(O)c4[C@@]2(CCN3C)CC1=O. The lowest BCUT2D eigenvalue weighted by Gasteiger charge is -2.56. The van der Waals surface area contributed by atoms with Crippen LogP contribution in [0.25, 0.3) is 0 Å². The van der Waals surface area contributed by atoms with Gasteiger partial charge in [-0.1, -0.05) is 6.07 Å². The van der Waals surface area contributed by atoms with Crippen molar-refractivity contribution in [2.75, 3.05) is 27.8 Å². The van der Waals surface area contributed by atoms with E-state index in [0.717, 1.165) is 30.5 Å². The van der Waals surface area contributed by atoms with E-state index in [4.69, 9.17) is 9.47 Å². The molecule has 0 saturated carbocycles. The lowest BCUT2D eigenvalue weighted by atomic mass is 9.53. The van der Waals surface area contributed by atoms with Gasteiger partial charge in [0.15, 0.2) is 23.0 Å². The molecule has 1 aliphatic heterocycles. The molecule has 0 spiro atoms. The number of Topliss-reactive ketones (excluding diaryl/α,β-unsaturated/α-hetero) is 1. The summed E-state index contributed by atoms with van der Waals surface area (Å²) in [6.45, 7) is 0.917. The number of benzene rings is 1. The average molecular weight is 329 g/mol. The van der Waals surface area contributed by atoms with E-state index in [9.17, 15) is 9.90 Å². The Bertz CT molecular complexity index is 741. The van der Waals surface area contributed by atoms with Crippen LogP contribution in [0.3, 0.4) is 0 Å². The molecule has 2 bridgehead atoms. The summed E-state index contributed by atoms with van der Waals surface area (Å²) in [5, 5.41) is 10.9. The zero-order chi connectivity index (χ0) is 17.1. The summed E-state index contributed by atoms with van der Waals surface area (Å²) in [4.78, 5) is 15.0. The molecule has 128 valence electrons. The Labute approximate surface area is 141 Å². The van der Waals surface area contributed by atoms with E-state index in [1.54, 1.807) is 14.2 Å². The number of carbonyl (C=O) groups is 1. The average Bonchev–Trinajstić information content (AvgIpc) is 2.57. The number of ketones is 1. The van der Waals surface area contributed by atoms with Crippen LogP contribution in [0.15, 0.2) is 24.0 Å². The Hall–Kier alpha value is -2.01. The molecular formula is C19H23NO4. The smallest absolute Gasteiger partial charge is 0.197 e. The standard InChI is InChI=1S/C19H23NO4/c1-20-7-6-19-10-14(21)16(24-3)9-12(19)13(20)8-11-4-5-15(23-2)18(22)17(11)19/h4-5,9,12-13,22H,6-8,10H2,1-3H3/t12-,13+,19+/m1/s1. The number of ether oxygens (including phenoxy) is 2. The first-order valence-electron chi connectivity index (χ1n) is 8.40. The van der Waals surface area contributed by atoms with Crippen LogP contribution >= 0.6 is 0 Å². The predicted molar refractivity (Wildman–Crippen MR) is 89.3 cm³/mol. The van der Waals surface area contributed by atoms with Gasteiger partial charge in [0.25, 0.3) is 0 Å². The van der Waals surface area contributed by atoms with Crippen molar-refractivity contribution in [3.8, 4) is 11.5 Å². The first-order chi connectivity index (χ1) is 11.5. The molecule has 5 nitrogen and oxygen atoms in total. The van der Waals surface area contributed by atoms with Gasteiger partial charge in [-0.2, -0.15) is 0 Å². The Morgan fingerprint density at radius 3 is 2.79 bits per heavy atom. The molecule has 1 aromatic rings. The van der Waals surface area contributed by atoms with Crippen LogP contribution in [0.2, 0.25) is 0 Å². The number of phenolic OH excluding ortho intramolecular Hbond substituents is 1. The molecule has 1 fully saturated rings. The summed E-state index contributed by atoms with van der Waals surface area (Å²) in [6.07, 6.45) is 4.08. The van der Waals surface area contributed by atoms with E-state index in [-0.39, 0.29) is 22.9 Å². The number of piperidine rings is 1. The molecule has 3 atom stereocenters. The minimum atomic E-state index is -0.359. The molecule has 4 rings (SSSR count). The molecule has 1 saturated heterocycles. The van der Waals surface area contributed by atoms with E-state index >= 15 is 0 Å². The van der Waals surface area contributed by atoms with Crippen molar-refractivity contribution in [1.29, 1.82) is 0 Å². The first kappa shape index (κ1) is 15.5. The lowest BCUT2D eigenvalue weighted by molar-refractivity contribution is -0.122. The second-order valence-electron chi connectivity index (χ2n) is 7.17. The van der Waals surface area contributed by atoms with Crippen LogP contribution in [0.1, 0.15) is 24.0 Å². The molecular weight excluding hydrogens is 306 g/mol. The van der Waals surface area contributed by atoms with Crippen molar-refractivity contribution in [1.82, 2.24) is 4.90 Å². The van der Waals surface area contributed by atoms with Crippen LogP contribution in [0, 0.1) is 5.92 Å². The summed E-state index contributed by atoms with van der Waals surface area (Å²) in [6, 6.07) is 4.18. The van der Waals surface area contributed by atoms with Crippen LogP contribution in [0.5, 0.6) is 11.5 Å². The number of carbonyl (C=O) groups excluding carboxylic acids is 1. The summed E-state index contributed by atoms with van der Waals surface area (Å²) in [5.41, 5.74) is 1.68. The minimum Gasteiger partial charge on any atom is -0.504 e. The molecule has 1 heterocycles. The van der Waals surface area contributed by atoms with Crippen LogP contribution < -0.4 is 4.74 Å². The van der Waals surface area contributed by atoms with Gasteiger partial charge in [-0.15, -0.1) is 0 Å². The number of likely N-dealkylation sites (tertiary alicyclic amines) is 1. The number of likely N-dealkylation sites (N-methyl/N-ethyl adjacent to an activating group) is 1. The van der Waals surface area contributed by atoms with Crippen molar-refractivity contribution < 1.29 is 19.4 Å².